The van der Waals surface area contributed by atoms with E-state index in [1.807, 2.05) is 36.1 Å². The van der Waals surface area contributed by atoms with Crippen molar-refractivity contribution in [1.82, 2.24) is 9.80 Å². The van der Waals surface area contributed by atoms with Crippen LogP contribution in [0, 0.1) is 0 Å². The lowest BCUT2D eigenvalue weighted by Crippen LogP contribution is -2.48. The van der Waals surface area contributed by atoms with Gasteiger partial charge in [0.1, 0.15) is 5.75 Å². The number of piperazine rings is 1. The second-order valence-electron chi connectivity index (χ2n) is 7.16. The first-order chi connectivity index (χ1) is 13.7. The molecule has 4 heteroatoms. The summed E-state index contributed by atoms with van der Waals surface area (Å²) in [6.45, 7) is 6.82. The summed E-state index contributed by atoms with van der Waals surface area (Å²) in [7, 11) is 0. The molecule has 0 atom stereocenters. The Labute approximate surface area is 166 Å². The molecule has 0 unspecified atom stereocenters. The van der Waals surface area contributed by atoms with Gasteiger partial charge in [-0.1, -0.05) is 42.5 Å². The molecule has 0 spiro atoms. The van der Waals surface area contributed by atoms with E-state index in [0.29, 0.717) is 6.61 Å². The maximum atomic E-state index is 12.8. The Hall–Kier alpha value is -2.85. The molecule has 1 aliphatic rings. The second kappa shape index (κ2) is 8.44. The van der Waals surface area contributed by atoms with Gasteiger partial charge in [0.05, 0.1) is 6.61 Å². The van der Waals surface area contributed by atoms with Crippen LogP contribution in [0.4, 0.5) is 0 Å². The number of hydrogen-bond acceptors (Lipinski definition) is 3. The molecular formula is C24H26N2O2. The normalized spacial score (nSPS) is 15.0. The van der Waals surface area contributed by atoms with Crippen LogP contribution in [0.3, 0.4) is 0 Å². The van der Waals surface area contributed by atoms with E-state index in [-0.39, 0.29) is 5.91 Å². The van der Waals surface area contributed by atoms with E-state index in [1.54, 1.807) is 0 Å². The van der Waals surface area contributed by atoms with E-state index in [1.165, 1.54) is 16.3 Å². The van der Waals surface area contributed by atoms with Crippen LogP contribution in [-0.4, -0.2) is 48.5 Å². The van der Waals surface area contributed by atoms with E-state index in [0.717, 1.165) is 44.0 Å². The molecule has 0 saturated carbocycles. The Kier molecular flexibility index (Phi) is 5.58. The zero-order valence-corrected chi connectivity index (χ0v) is 16.3. The van der Waals surface area contributed by atoms with E-state index >= 15 is 0 Å². The van der Waals surface area contributed by atoms with Gasteiger partial charge in [-0.2, -0.15) is 0 Å². The zero-order chi connectivity index (χ0) is 19.3. The first-order valence-electron chi connectivity index (χ1n) is 9.96. The summed E-state index contributed by atoms with van der Waals surface area (Å²) in [5, 5.41) is 2.60. The van der Waals surface area contributed by atoms with Crippen molar-refractivity contribution in [3.8, 4) is 5.75 Å². The number of rotatable bonds is 5. The highest BCUT2D eigenvalue weighted by Gasteiger charge is 2.22. The van der Waals surface area contributed by atoms with Crippen LogP contribution in [0.15, 0.2) is 66.7 Å². The number of benzene rings is 3. The Morgan fingerprint density at radius 2 is 1.61 bits per heavy atom. The summed E-state index contributed by atoms with van der Waals surface area (Å²) < 4.78 is 5.46. The standard InChI is InChI=1S/C24H26N2O2/c1-2-28-22-12-10-20(11-13-22)24(27)26-16-14-25(15-17-26)18-21-8-5-7-19-6-3-4-9-23(19)21/h3-13H,2,14-18H2,1H3. The van der Waals surface area contributed by atoms with Crippen molar-refractivity contribution in [3.63, 3.8) is 0 Å². The minimum Gasteiger partial charge on any atom is -0.494 e. The van der Waals surface area contributed by atoms with E-state index < -0.39 is 0 Å². The highest BCUT2D eigenvalue weighted by Crippen LogP contribution is 2.21. The van der Waals surface area contributed by atoms with Crippen LogP contribution in [-0.2, 0) is 6.54 Å². The van der Waals surface area contributed by atoms with Crippen LogP contribution >= 0.6 is 0 Å². The predicted octanol–water partition coefficient (Wildman–Crippen LogP) is 4.20. The van der Waals surface area contributed by atoms with Gasteiger partial charge in [0.25, 0.3) is 5.91 Å². The predicted molar refractivity (Wildman–Crippen MR) is 113 cm³/mol. The maximum absolute atomic E-state index is 12.8. The molecule has 0 radical (unpaired) electrons. The Morgan fingerprint density at radius 1 is 0.893 bits per heavy atom. The second-order valence-corrected chi connectivity index (χ2v) is 7.16. The van der Waals surface area contributed by atoms with E-state index in [2.05, 4.69) is 47.4 Å². The minimum absolute atomic E-state index is 0.104. The lowest BCUT2D eigenvalue weighted by molar-refractivity contribution is 0.0629. The lowest BCUT2D eigenvalue weighted by Gasteiger charge is -2.35. The number of carbonyl (C=O) groups is 1. The molecule has 3 aromatic carbocycles. The quantitative estimate of drug-likeness (QED) is 0.671. The average molecular weight is 374 g/mol. The molecule has 0 aromatic heterocycles. The summed E-state index contributed by atoms with van der Waals surface area (Å²) in [4.78, 5) is 17.2. The molecule has 4 rings (SSSR count). The van der Waals surface area contributed by atoms with Crippen molar-refractivity contribution in [1.29, 1.82) is 0 Å². The summed E-state index contributed by atoms with van der Waals surface area (Å²) in [6, 6.07) is 22.5. The minimum atomic E-state index is 0.104. The third-order valence-corrected chi connectivity index (χ3v) is 5.35. The van der Waals surface area contributed by atoms with Gasteiger partial charge < -0.3 is 9.64 Å². The summed E-state index contributed by atoms with van der Waals surface area (Å²) in [5.74, 6) is 0.909. The van der Waals surface area contributed by atoms with Crippen LogP contribution in [0.1, 0.15) is 22.8 Å². The number of ether oxygens (including phenoxy) is 1. The summed E-state index contributed by atoms with van der Waals surface area (Å²) in [5.41, 5.74) is 2.08. The van der Waals surface area contributed by atoms with Gasteiger partial charge in [-0.3, -0.25) is 9.69 Å². The lowest BCUT2D eigenvalue weighted by atomic mass is 10.0. The molecule has 1 heterocycles. The molecule has 1 saturated heterocycles. The van der Waals surface area contributed by atoms with Gasteiger partial charge in [-0.15, -0.1) is 0 Å². The molecule has 0 N–H and O–H groups in total. The van der Waals surface area contributed by atoms with Crippen molar-refractivity contribution in [3.05, 3.63) is 77.9 Å². The monoisotopic (exact) mass is 374 g/mol. The van der Waals surface area contributed by atoms with Gasteiger partial charge in [0.2, 0.25) is 0 Å². The van der Waals surface area contributed by atoms with Crippen LogP contribution < -0.4 is 4.74 Å². The summed E-state index contributed by atoms with van der Waals surface area (Å²) >= 11 is 0. The molecule has 28 heavy (non-hydrogen) atoms. The molecular weight excluding hydrogens is 348 g/mol. The van der Waals surface area contributed by atoms with Crippen LogP contribution in [0.5, 0.6) is 5.75 Å². The Bertz CT molecular complexity index is 939. The van der Waals surface area contributed by atoms with Gasteiger partial charge >= 0.3 is 0 Å². The molecule has 3 aromatic rings. The van der Waals surface area contributed by atoms with Crippen molar-refractivity contribution < 1.29 is 9.53 Å². The number of nitrogens with zero attached hydrogens (tertiary/aromatic N) is 2. The Balaban J connectivity index is 1.37. The third kappa shape index (κ3) is 4.02. The first kappa shape index (κ1) is 18.5. The van der Waals surface area contributed by atoms with Crippen molar-refractivity contribution >= 4 is 16.7 Å². The van der Waals surface area contributed by atoms with Crippen molar-refractivity contribution in [2.75, 3.05) is 32.8 Å². The molecule has 0 bridgehead atoms. The van der Waals surface area contributed by atoms with Crippen LogP contribution in [0.2, 0.25) is 0 Å². The number of amides is 1. The highest BCUT2D eigenvalue weighted by molar-refractivity contribution is 5.94. The highest BCUT2D eigenvalue weighted by atomic mass is 16.5. The maximum Gasteiger partial charge on any atom is 0.253 e. The van der Waals surface area contributed by atoms with Gasteiger partial charge in [0, 0.05) is 38.3 Å². The van der Waals surface area contributed by atoms with Gasteiger partial charge in [0.15, 0.2) is 0 Å². The smallest absolute Gasteiger partial charge is 0.253 e. The zero-order valence-electron chi connectivity index (χ0n) is 16.3. The SMILES string of the molecule is CCOc1ccc(C(=O)N2CCN(Cc3cccc4ccccc34)CC2)cc1. The Morgan fingerprint density at radius 3 is 2.36 bits per heavy atom. The van der Waals surface area contributed by atoms with Crippen LogP contribution in [0.25, 0.3) is 10.8 Å². The largest absolute Gasteiger partial charge is 0.494 e. The average Bonchev–Trinajstić information content (AvgIpc) is 2.75. The topological polar surface area (TPSA) is 32.8 Å². The fourth-order valence-electron chi connectivity index (χ4n) is 3.82. The van der Waals surface area contributed by atoms with Crippen molar-refractivity contribution in [2.45, 2.75) is 13.5 Å². The third-order valence-electron chi connectivity index (χ3n) is 5.35. The van der Waals surface area contributed by atoms with Gasteiger partial charge in [-0.25, -0.2) is 0 Å². The van der Waals surface area contributed by atoms with Crippen molar-refractivity contribution in [2.24, 2.45) is 0 Å². The number of hydrogen-bond donors (Lipinski definition) is 0. The van der Waals surface area contributed by atoms with E-state index in [9.17, 15) is 4.79 Å². The molecule has 1 amide bonds. The number of carbonyl (C=O) groups excluding carboxylic acids is 1. The molecule has 0 aliphatic carbocycles. The molecule has 4 nitrogen and oxygen atoms in total. The fraction of sp³-hybridized carbons (Fsp3) is 0.292. The molecule has 1 aliphatic heterocycles. The summed E-state index contributed by atoms with van der Waals surface area (Å²) in [6.07, 6.45) is 0. The fourth-order valence-corrected chi connectivity index (χ4v) is 3.82. The van der Waals surface area contributed by atoms with Gasteiger partial charge in [-0.05, 0) is 47.5 Å². The molecule has 144 valence electrons. The van der Waals surface area contributed by atoms with E-state index in [4.69, 9.17) is 4.74 Å². The number of fused-ring (bicyclic) bond motifs is 1. The molecule has 1 fully saturated rings. The first-order valence-corrected chi connectivity index (χ1v) is 9.96.